The van der Waals surface area contributed by atoms with Crippen molar-refractivity contribution in [2.45, 2.75) is 32.7 Å². The Morgan fingerprint density at radius 1 is 1.25 bits per heavy atom. The molecule has 0 aliphatic carbocycles. The van der Waals surface area contributed by atoms with E-state index < -0.39 is 0 Å². The van der Waals surface area contributed by atoms with Gasteiger partial charge in [0, 0.05) is 27.1 Å². The summed E-state index contributed by atoms with van der Waals surface area (Å²) in [6.45, 7) is 4.67. The molecule has 0 saturated heterocycles. The van der Waals surface area contributed by atoms with E-state index >= 15 is 0 Å². The number of hydrogen-bond acceptors (Lipinski definition) is 3. The smallest absolute Gasteiger partial charge is 0.222 e. The van der Waals surface area contributed by atoms with E-state index in [-0.39, 0.29) is 5.91 Å². The van der Waals surface area contributed by atoms with Crippen molar-refractivity contribution in [1.82, 2.24) is 10.2 Å². The molecule has 0 unspecified atom stereocenters. The molecule has 1 rings (SSSR count). The van der Waals surface area contributed by atoms with Crippen LogP contribution in [0.25, 0.3) is 0 Å². The molecule has 4 heteroatoms. The van der Waals surface area contributed by atoms with E-state index in [0.717, 1.165) is 31.7 Å². The van der Waals surface area contributed by atoms with Gasteiger partial charge in [-0.05, 0) is 37.1 Å². The van der Waals surface area contributed by atoms with Gasteiger partial charge in [-0.3, -0.25) is 4.79 Å². The highest BCUT2D eigenvalue weighted by molar-refractivity contribution is 5.75. The van der Waals surface area contributed by atoms with Crippen LogP contribution in [0.1, 0.15) is 31.7 Å². The summed E-state index contributed by atoms with van der Waals surface area (Å²) in [5.41, 5.74) is 1.26. The molecule has 20 heavy (non-hydrogen) atoms. The highest BCUT2D eigenvalue weighted by atomic mass is 16.5. The molecule has 0 aliphatic heterocycles. The van der Waals surface area contributed by atoms with Gasteiger partial charge < -0.3 is 15.0 Å². The average molecular weight is 278 g/mol. The van der Waals surface area contributed by atoms with Crippen LogP contribution in [0.3, 0.4) is 0 Å². The van der Waals surface area contributed by atoms with Gasteiger partial charge in [-0.1, -0.05) is 19.1 Å². The van der Waals surface area contributed by atoms with Crippen LogP contribution in [0.5, 0.6) is 5.75 Å². The van der Waals surface area contributed by atoms with Crippen LogP contribution in [0.15, 0.2) is 24.3 Å². The Bertz CT molecular complexity index is 388. The van der Waals surface area contributed by atoms with Crippen molar-refractivity contribution in [3.8, 4) is 5.75 Å². The first-order valence-corrected chi connectivity index (χ1v) is 7.26. The fourth-order valence-corrected chi connectivity index (χ4v) is 1.75. The molecule has 0 bridgehead atoms. The zero-order chi connectivity index (χ0) is 14.8. The number of ether oxygens (including phenoxy) is 1. The molecule has 0 saturated carbocycles. The molecule has 4 nitrogen and oxygen atoms in total. The Hall–Kier alpha value is -1.55. The molecule has 1 amide bonds. The number of amides is 1. The average Bonchev–Trinajstić information content (AvgIpc) is 2.45. The second kappa shape index (κ2) is 9.37. The van der Waals surface area contributed by atoms with Gasteiger partial charge in [0.2, 0.25) is 5.91 Å². The van der Waals surface area contributed by atoms with Gasteiger partial charge in [0.15, 0.2) is 0 Å². The zero-order valence-corrected chi connectivity index (χ0v) is 12.8. The number of hydrogen-bond donors (Lipinski definition) is 1. The normalized spacial score (nSPS) is 10.3. The van der Waals surface area contributed by atoms with Crippen molar-refractivity contribution < 1.29 is 9.53 Å². The third kappa shape index (κ3) is 6.57. The molecule has 0 spiro atoms. The van der Waals surface area contributed by atoms with Crippen LogP contribution in [-0.4, -0.2) is 38.1 Å². The standard InChI is InChI=1S/C16H26N2O2/c1-4-11-17-13-14-7-9-15(10-8-14)20-12-5-6-16(19)18(2)3/h7-10,17H,4-6,11-13H2,1-3H3. The SMILES string of the molecule is CCCNCc1ccc(OCCCC(=O)N(C)C)cc1. The Balaban J connectivity index is 2.22. The first-order chi connectivity index (χ1) is 9.63. The number of benzene rings is 1. The molecule has 0 atom stereocenters. The summed E-state index contributed by atoms with van der Waals surface area (Å²) in [6.07, 6.45) is 2.43. The number of carbonyl (C=O) groups is 1. The maximum Gasteiger partial charge on any atom is 0.222 e. The van der Waals surface area contributed by atoms with E-state index in [9.17, 15) is 4.79 Å². The summed E-state index contributed by atoms with van der Waals surface area (Å²) >= 11 is 0. The lowest BCUT2D eigenvalue weighted by molar-refractivity contribution is -0.128. The summed E-state index contributed by atoms with van der Waals surface area (Å²) in [5, 5.41) is 3.36. The molecule has 0 aromatic heterocycles. The lowest BCUT2D eigenvalue weighted by Crippen LogP contribution is -2.21. The third-order valence-corrected chi connectivity index (χ3v) is 2.98. The Kier molecular flexibility index (Phi) is 7.73. The zero-order valence-electron chi connectivity index (χ0n) is 12.8. The van der Waals surface area contributed by atoms with Gasteiger partial charge in [0.05, 0.1) is 6.61 Å². The summed E-state index contributed by atoms with van der Waals surface area (Å²) in [7, 11) is 3.54. The predicted molar refractivity (Wildman–Crippen MR) is 81.9 cm³/mol. The van der Waals surface area contributed by atoms with Crippen molar-refractivity contribution in [3.05, 3.63) is 29.8 Å². The molecule has 0 radical (unpaired) electrons. The molecule has 1 N–H and O–H groups in total. The minimum Gasteiger partial charge on any atom is -0.494 e. The molecule has 1 aromatic carbocycles. The van der Waals surface area contributed by atoms with Crippen LogP contribution in [0.2, 0.25) is 0 Å². The Morgan fingerprint density at radius 2 is 1.95 bits per heavy atom. The van der Waals surface area contributed by atoms with Gasteiger partial charge in [0.1, 0.15) is 5.75 Å². The highest BCUT2D eigenvalue weighted by Crippen LogP contribution is 2.12. The summed E-state index contributed by atoms with van der Waals surface area (Å²) in [5.74, 6) is 1.01. The maximum absolute atomic E-state index is 11.4. The van der Waals surface area contributed by atoms with Gasteiger partial charge in [0.25, 0.3) is 0 Å². The molecule has 112 valence electrons. The van der Waals surface area contributed by atoms with Crippen LogP contribution in [0, 0.1) is 0 Å². The summed E-state index contributed by atoms with van der Waals surface area (Å²) in [6, 6.07) is 8.11. The van der Waals surface area contributed by atoms with Gasteiger partial charge in [-0.25, -0.2) is 0 Å². The third-order valence-electron chi connectivity index (χ3n) is 2.98. The molecule has 1 aromatic rings. The second-order valence-electron chi connectivity index (χ2n) is 5.06. The van der Waals surface area contributed by atoms with Crippen molar-refractivity contribution in [3.63, 3.8) is 0 Å². The van der Waals surface area contributed by atoms with E-state index in [4.69, 9.17) is 4.74 Å². The van der Waals surface area contributed by atoms with Crippen LogP contribution < -0.4 is 10.1 Å². The second-order valence-corrected chi connectivity index (χ2v) is 5.06. The predicted octanol–water partition coefficient (Wildman–Crippen LogP) is 2.43. The number of carbonyl (C=O) groups excluding carboxylic acids is 1. The van der Waals surface area contributed by atoms with E-state index in [1.165, 1.54) is 5.56 Å². The molecule has 0 fully saturated rings. The molecular formula is C16H26N2O2. The maximum atomic E-state index is 11.4. The fraction of sp³-hybridized carbons (Fsp3) is 0.562. The van der Waals surface area contributed by atoms with E-state index in [2.05, 4.69) is 24.4 Å². The van der Waals surface area contributed by atoms with Crippen LogP contribution in [0.4, 0.5) is 0 Å². The van der Waals surface area contributed by atoms with E-state index in [1.54, 1.807) is 19.0 Å². The monoisotopic (exact) mass is 278 g/mol. The van der Waals surface area contributed by atoms with Gasteiger partial charge in [-0.15, -0.1) is 0 Å². The minimum absolute atomic E-state index is 0.144. The first kappa shape index (κ1) is 16.5. The van der Waals surface area contributed by atoms with Crippen molar-refractivity contribution >= 4 is 5.91 Å². The summed E-state index contributed by atoms with van der Waals surface area (Å²) < 4.78 is 5.63. The fourth-order valence-electron chi connectivity index (χ4n) is 1.75. The number of nitrogens with one attached hydrogen (secondary N) is 1. The van der Waals surface area contributed by atoms with Crippen LogP contribution in [-0.2, 0) is 11.3 Å². The first-order valence-electron chi connectivity index (χ1n) is 7.26. The molecular weight excluding hydrogens is 252 g/mol. The molecule has 0 heterocycles. The lowest BCUT2D eigenvalue weighted by atomic mass is 10.2. The quantitative estimate of drug-likeness (QED) is 0.705. The van der Waals surface area contributed by atoms with Crippen molar-refractivity contribution in [2.75, 3.05) is 27.2 Å². The van der Waals surface area contributed by atoms with Crippen molar-refractivity contribution in [2.24, 2.45) is 0 Å². The Labute approximate surface area is 122 Å². The van der Waals surface area contributed by atoms with Crippen LogP contribution >= 0.6 is 0 Å². The topological polar surface area (TPSA) is 41.6 Å². The molecule has 0 aliphatic rings. The van der Waals surface area contributed by atoms with Gasteiger partial charge >= 0.3 is 0 Å². The van der Waals surface area contributed by atoms with Gasteiger partial charge in [-0.2, -0.15) is 0 Å². The van der Waals surface area contributed by atoms with E-state index in [1.807, 2.05) is 12.1 Å². The van der Waals surface area contributed by atoms with Crippen molar-refractivity contribution in [1.29, 1.82) is 0 Å². The number of nitrogens with zero attached hydrogens (tertiary/aromatic N) is 1. The minimum atomic E-state index is 0.144. The number of rotatable bonds is 9. The Morgan fingerprint density at radius 3 is 2.55 bits per heavy atom. The lowest BCUT2D eigenvalue weighted by Gasteiger charge is -2.10. The summed E-state index contributed by atoms with van der Waals surface area (Å²) in [4.78, 5) is 13.0. The van der Waals surface area contributed by atoms with E-state index in [0.29, 0.717) is 13.0 Å². The largest absolute Gasteiger partial charge is 0.494 e. The highest BCUT2D eigenvalue weighted by Gasteiger charge is 2.03.